The predicted molar refractivity (Wildman–Crippen MR) is 77.9 cm³/mol. The van der Waals surface area contributed by atoms with Gasteiger partial charge in [0.15, 0.2) is 0 Å². The monoisotopic (exact) mass is 271 g/mol. The molecule has 2 aromatic heterocycles. The molecule has 4 rings (SSSR count). The first-order chi connectivity index (χ1) is 9.90. The van der Waals surface area contributed by atoms with Crippen LogP contribution < -0.4 is 5.32 Å². The quantitative estimate of drug-likeness (QED) is 0.871. The molecule has 0 atom stereocenters. The number of rotatable bonds is 3. The van der Waals surface area contributed by atoms with Crippen LogP contribution in [0.1, 0.15) is 63.0 Å². The molecule has 2 saturated carbocycles. The Balaban J connectivity index is 1.64. The molecular formula is C15H21N5. The van der Waals surface area contributed by atoms with Gasteiger partial charge in [-0.1, -0.05) is 25.7 Å². The van der Waals surface area contributed by atoms with Crippen LogP contribution in [0.25, 0.3) is 5.65 Å². The van der Waals surface area contributed by atoms with Crippen molar-refractivity contribution in [3.63, 3.8) is 0 Å². The summed E-state index contributed by atoms with van der Waals surface area (Å²) in [6.07, 6.45) is 12.2. The van der Waals surface area contributed by atoms with E-state index in [9.17, 15) is 0 Å². The van der Waals surface area contributed by atoms with E-state index in [0.717, 1.165) is 11.3 Å². The summed E-state index contributed by atoms with van der Waals surface area (Å²) in [5, 5.41) is 16.6. The fourth-order valence-corrected chi connectivity index (χ4v) is 3.17. The number of fused-ring (bicyclic) bond motifs is 1. The minimum atomic E-state index is 0.576. The average molecular weight is 271 g/mol. The Morgan fingerprint density at radius 2 is 1.85 bits per heavy atom. The van der Waals surface area contributed by atoms with Crippen LogP contribution in [0, 0.1) is 0 Å². The second-order valence-electron chi connectivity index (χ2n) is 6.19. The summed E-state index contributed by atoms with van der Waals surface area (Å²) in [5.74, 6) is 0.650. The third-order valence-electron chi connectivity index (χ3n) is 4.50. The Labute approximate surface area is 118 Å². The van der Waals surface area contributed by atoms with Crippen molar-refractivity contribution < 1.29 is 0 Å². The van der Waals surface area contributed by atoms with Crippen LogP contribution in [0.2, 0.25) is 0 Å². The van der Waals surface area contributed by atoms with Crippen molar-refractivity contribution in [3.05, 3.63) is 18.1 Å². The second kappa shape index (κ2) is 5.04. The first-order valence-corrected chi connectivity index (χ1v) is 7.87. The Morgan fingerprint density at radius 1 is 1.05 bits per heavy atom. The maximum Gasteiger partial charge on any atom is 0.200 e. The zero-order valence-electron chi connectivity index (χ0n) is 11.8. The molecule has 0 saturated heterocycles. The molecule has 106 valence electrons. The summed E-state index contributed by atoms with van der Waals surface area (Å²) >= 11 is 0. The zero-order chi connectivity index (χ0) is 13.4. The fraction of sp³-hybridized carbons (Fsp3) is 0.667. The molecule has 1 N–H and O–H groups in total. The Bertz CT molecular complexity index is 593. The molecule has 2 heterocycles. The molecule has 0 amide bonds. The topological polar surface area (TPSA) is 55.1 Å². The summed E-state index contributed by atoms with van der Waals surface area (Å²) in [7, 11) is 0. The van der Waals surface area contributed by atoms with Gasteiger partial charge in [0.25, 0.3) is 0 Å². The molecule has 2 aromatic rings. The third kappa shape index (κ3) is 2.37. The molecule has 20 heavy (non-hydrogen) atoms. The van der Waals surface area contributed by atoms with Gasteiger partial charge in [-0.25, -0.2) is 0 Å². The smallest absolute Gasteiger partial charge is 0.200 e. The molecular weight excluding hydrogens is 250 g/mol. The van der Waals surface area contributed by atoms with E-state index in [1.807, 2.05) is 4.52 Å². The van der Waals surface area contributed by atoms with Crippen LogP contribution in [-0.4, -0.2) is 25.9 Å². The largest absolute Gasteiger partial charge is 0.379 e. The molecule has 0 aromatic carbocycles. The molecule has 0 radical (unpaired) electrons. The van der Waals surface area contributed by atoms with E-state index in [-0.39, 0.29) is 0 Å². The van der Waals surface area contributed by atoms with Gasteiger partial charge in [0.2, 0.25) is 5.65 Å². The standard InChI is InChI=1S/C15H21N5/c1-2-4-6-12(5-3-1)17-14-9-13(11-7-8-11)19-20-10-16-18-15(14)20/h9-12,17H,1-8H2. The minimum absolute atomic E-state index is 0.576. The third-order valence-corrected chi connectivity index (χ3v) is 4.50. The highest BCUT2D eigenvalue weighted by molar-refractivity contribution is 5.67. The Kier molecular flexibility index (Phi) is 3.05. The SMILES string of the molecule is c1c(C2CC2)nn2cnnc2c1NC1CCCCCC1. The van der Waals surface area contributed by atoms with Crippen molar-refractivity contribution in [2.75, 3.05) is 5.32 Å². The molecule has 0 unspecified atom stereocenters. The first kappa shape index (κ1) is 12.1. The van der Waals surface area contributed by atoms with Crippen LogP contribution in [0.4, 0.5) is 5.69 Å². The molecule has 0 aliphatic heterocycles. The molecule has 5 heteroatoms. The van der Waals surface area contributed by atoms with Crippen molar-refractivity contribution in [2.45, 2.75) is 63.3 Å². The summed E-state index contributed by atoms with van der Waals surface area (Å²) in [6.45, 7) is 0. The predicted octanol–water partition coefficient (Wildman–Crippen LogP) is 3.14. The first-order valence-electron chi connectivity index (χ1n) is 7.87. The number of aromatic nitrogens is 4. The lowest BCUT2D eigenvalue weighted by molar-refractivity contribution is 0.619. The van der Waals surface area contributed by atoms with Gasteiger partial charge in [0, 0.05) is 12.0 Å². The van der Waals surface area contributed by atoms with Crippen molar-refractivity contribution >= 4 is 11.3 Å². The van der Waals surface area contributed by atoms with Crippen LogP contribution in [0.3, 0.4) is 0 Å². The normalized spacial score (nSPS) is 21.0. The van der Waals surface area contributed by atoms with Crippen molar-refractivity contribution in [1.29, 1.82) is 0 Å². The molecule has 2 fully saturated rings. The highest BCUT2D eigenvalue weighted by Gasteiger charge is 2.27. The lowest BCUT2D eigenvalue weighted by atomic mass is 10.1. The highest BCUT2D eigenvalue weighted by atomic mass is 15.3. The average Bonchev–Trinajstić information content (AvgIpc) is 3.24. The lowest BCUT2D eigenvalue weighted by Crippen LogP contribution is -2.19. The Morgan fingerprint density at radius 3 is 2.60 bits per heavy atom. The van der Waals surface area contributed by atoms with Gasteiger partial charge in [-0.15, -0.1) is 10.2 Å². The van der Waals surface area contributed by atoms with Crippen LogP contribution >= 0.6 is 0 Å². The van der Waals surface area contributed by atoms with Crippen molar-refractivity contribution in [2.24, 2.45) is 0 Å². The van der Waals surface area contributed by atoms with Gasteiger partial charge < -0.3 is 5.32 Å². The summed E-state index contributed by atoms with van der Waals surface area (Å²) in [4.78, 5) is 0. The van der Waals surface area contributed by atoms with Crippen molar-refractivity contribution in [1.82, 2.24) is 19.8 Å². The summed E-state index contributed by atoms with van der Waals surface area (Å²) < 4.78 is 1.83. The van der Waals surface area contributed by atoms with Gasteiger partial charge in [-0.2, -0.15) is 9.61 Å². The molecule has 2 aliphatic rings. The van der Waals surface area contributed by atoms with Gasteiger partial charge in [0.1, 0.15) is 6.33 Å². The van der Waals surface area contributed by atoms with Gasteiger partial charge >= 0.3 is 0 Å². The van der Waals surface area contributed by atoms with E-state index in [1.165, 1.54) is 57.1 Å². The van der Waals surface area contributed by atoms with E-state index < -0.39 is 0 Å². The van der Waals surface area contributed by atoms with Crippen LogP contribution in [-0.2, 0) is 0 Å². The van der Waals surface area contributed by atoms with Gasteiger partial charge in [-0.3, -0.25) is 0 Å². The van der Waals surface area contributed by atoms with Crippen LogP contribution in [0.15, 0.2) is 12.4 Å². The van der Waals surface area contributed by atoms with E-state index >= 15 is 0 Å². The second-order valence-corrected chi connectivity index (χ2v) is 6.19. The minimum Gasteiger partial charge on any atom is -0.379 e. The maximum absolute atomic E-state index is 4.62. The van der Waals surface area contributed by atoms with Gasteiger partial charge in [-0.05, 0) is 31.7 Å². The van der Waals surface area contributed by atoms with E-state index in [4.69, 9.17) is 0 Å². The maximum atomic E-state index is 4.62. The number of hydrogen-bond acceptors (Lipinski definition) is 4. The van der Waals surface area contributed by atoms with Gasteiger partial charge in [0.05, 0.1) is 11.4 Å². The summed E-state index contributed by atoms with van der Waals surface area (Å²) in [6, 6.07) is 2.78. The highest BCUT2D eigenvalue weighted by Crippen LogP contribution is 2.40. The lowest BCUT2D eigenvalue weighted by Gasteiger charge is -2.18. The molecule has 0 spiro atoms. The number of nitrogens with zero attached hydrogens (tertiary/aromatic N) is 4. The van der Waals surface area contributed by atoms with E-state index in [2.05, 4.69) is 26.7 Å². The molecule has 5 nitrogen and oxygen atoms in total. The molecule has 0 bridgehead atoms. The zero-order valence-corrected chi connectivity index (χ0v) is 11.8. The van der Waals surface area contributed by atoms with E-state index in [0.29, 0.717) is 12.0 Å². The number of nitrogens with one attached hydrogen (secondary N) is 1. The summed E-state index contributed by atoms with van der Waals surface area (Å²) in [5.41, 5.74) is 3.17. The number of anilines is 1. The van der Waals surface area contributed by atoms with Crippen molar-refractivity contribution in [3.8, 4) is 0 Å². The van der Waals surface area contributed by atoms with Crippen LogP contribution in [0.5, 0.6) is 0 Å². The van der Waals surface area contributed by atoms with E-state index in [1.54, 1.807) is 6.33 Å². The Hall–Kier alpha value is -1.65. The fourth-order valence-electron chi connectivity index (χ4n) is 3.17. The number of hydrogen-bond donors (Lipinski definition) is 1. The molecule has 2 aliphatic carbocycles.